The number of nitrogens with one attached hydrogen (secondary N) is 10. The summed E-state index contributed by atoms with van der Waals surface area (Å²) >= 11 is 2.11. The Morgan fingerprint density at radius 1 is 0.473 bits per heavy atom. The highest BCUT2D eigenvalue weighted by atomic mass is 32.2. The lowest BCUT2D eigenvalue weighted by molar-refractivity contribution is -0.152. The summed E-state index contributed by atoms with van der Waals surface area (Å²) in [5.74, 6) is -14.2. The van der Waals surface area contributed by atoms with Gasteiger partial charge < -0.3 is 99.0 Å². The second kappa shape index (κ2) is 48.2. The molecule has 13 atom stereocenters. The number of hydrogen-bond acceptors (Lipinski definition) is 20. The van der Waals surface area contributed by atoms with Gasteiger partial charge in [-0.3, -0.25) is 71.9 Å². The molecule has 131 heavy (non-hydrogen) atoms. The van der Waals surface area contributed by atoms with Crippen molar-refractivity contribution in [3.05, 3.63) is 203 Å². The molecule has 10 rings (SSSR count). The molecule has 16 N–H and O–H groups in total. The number of aromatic amines is 1. The maximum atomic E-state index is 15.8. The fraction of sp³-hybridized carbons (Fsp3) is 0.442. The van der Waals surface area contributed by atoms with E-state index in [4.69, 9.17) is 11.5 Å². The second-order valence-corrected chi connectivity index (χ2v) is 36.2. The Kier molecular flexibility index (Phi) is 36.9. The number of carbonyl (C=O) groups excluding carboxylic acids is 15. The first-order valence-electron chi connectivity index (χ1n) is 44.2. The van der Waals surface area contributed by atoms with Crippen LogP contribution < -0.4 is 59.3 Å². The first-order valence-corrected chi connectivity index (χ1v) is 46.5. The molecule has 1 aromatic heterocycles. The molecule has 36 heteroatoms. The van der Waals surface area contributed by atoms with Crippen molar-refractivity contribution in [3.63, 3.8) is 0 Å². The predicted octanol–water partition coefficient (Wildman–Crippen LogP) is 2.79. The number of nitrogens with zero attached hydrogens (tertiary/aromatic N) is 5. The summed E-state index contributed by atoms with van der Waals surface area (Å²) in [6.07, 6.45) is 1.97. The van der Waals surface area contributed by atoms with Gasteiger partial charge in [0.05, 0.1) is 18.2 Å². The number of fused-ring (bicyclic) bond motifs is 3. The van der Waals surface area contributed by atoms with Gasteiger partial charge in [0.25, 0.3) is 0 Å². The highest BCUT2D eigenvalue weighted by Gasteiger charge is 2.46. The number of primary amides is 1. The van der Waals surface area contributed by atoms with Crippen LogP contribution in [0, 0.1) is 11.8 Å². The monoisotopic (exact) mass is 1840 g/mol. The molecule has 34 nitrogen and oxygen atoms in total. The quantitative estimate of drug-likeness (QED) is 0.0464. The number of para-hydroxylation sites is 1. The molecule has 3 fully saturated rings. The summed E-state index contributed by atoms with van der Waals surface area (Å²) < 4.78 is 0. The van der Waals surface area contributed by atoms with Crippen molar-refractivity contribution in [3.8, 4) is 11.5 Å². The molecule has 3 aliphatic heterocycles. The molecule has 7 aromatic rings. The molecule has 3 aliphatic rings. The lowest BCUT2D eigenvalue weighted by Gasteiger charge is -2.37. The largest absolute Gasteiger partial charge is 0.508 e. The van der Waals surface area contributed by atoms with Gasteiger partial charge in [-0.05, 0) is 101 Å². The van der Waals surface area contributed by atoms with Gasteiger partial charge in [-0.2, -0.15) is 0 Å². The minimum Gasteiger partial charge on any atom is -0.508 e. The number of thioether (sulfide) groups is 2. The fourth-order valence-electron chi connectivity index (χ4n) is 16.3. The fourth-order valence-corrected chi connectivity index (χ4v) is 18.3. The number of phenols is 2. The van der Waals surface area contributed by atoms with Gasteiger partial charge in [0.1, 0.15) is 90.0 Å². The summed E-state index contributed by atoms with van der Waals surface area (Å²) in [5.41, 5.74) is 15.8. The van der Waals surface area contributed by atoms with Crippen molar-refractivity contribution in [1.29, 1.82) is 0 Å². The molecule has 0 bridgehead atoms. The van der Waals surface area contributed by atoms with Crippen LogP contribution in [0.1, 0.15) is 107 Å². The lowest BCUT2D eigenvalue weighted by atomic mass is 9.98. The Labute approximate surface area is 770 Å². The molecule has 3 saturated heterocycles. The topological polar surface area (TPSA) is 489 Å². The third kappa shape index (κ3) is 27.9. The molecule has 0 saturated carbocycles. The first-order chi connectivity index (χ1) is 62.7. The Morgan fingerprint density at radius 2 is 0.962 bits per heavy atom. The van der Waals surface area contributed by atoms with E-state index in [2.05, 4.69) is 52.8 Å². The number of aromatic nitrogens is 1. The van der Waals surface area contributed by atoms with Crippen LogP contribution in [0.2, 0.25) is 0 Å². The molecule has 6 aromatic carbocycles. The minimum absolute atomic E-state index is 0.0158. The van der Waals surface area contributed by atoms with Crippen molar-refractivity contribution < 1.29 is 82.1 Å². The minimum atomic E-state index is -1.58. The SMILES string of the molecule is CCCC[C@H]1C(=O)N2CSC[C@@H]2C(=O)N[C@@H](CN)C(=O)N[C@@H](C(C)C)C(=O)N(C)[C@@H](Cc2ccccc2)C(=O)N[C@@H](Cc2ccc(O)cc2)C(=O)N2CCC[C@@H]2C(=O)N[C@@H](Cc2c[nH]c3ccccc23)C(=O)N[C@@H](Cc2ccc(O)cc2)C(=O)N[C@@H](CC(C)C)C(=O)N[C@H](C(=O)NCC(N)=O)CSCC(=O)N[C@@H](Cc2ccccc2)C(=O)N(C)[C@@H](Cc2ccccc2)C(=O)N1C. The summed E-state index contributed by atoms with van der Waals surface area (Å²) in [5, 5.41) is 46.5. The Morgan fingerprint density at radius 3 is 1.54 bits per heavy atom. The Hall–Kier alpha value is -12.8. The number of hydrogen-bond donors (Lipinski definition) is 14. The average Bonchev–Trinajstić information content (AvgIpc) is 1.79. The average molecular weight is 1840 g/mol. The number of benzene rings is 6. The van der Waals surface area contributed by atoms with Gasteiger partial charge in [-0.15, -0.1) is 23.5 Å². The van der Waals surface area contributed by atoms with E-state index in [9.17, 15) is 34.2 Å². The third-order valence-electron chi connectivity index (χ3n) is 23.7. The van der Waals surface area contributed by atoms with Crippen molar-refractivity contribution in [1.82, 2.24) is 77.3 Å². The highest BCUT2D eigenvalue weighted by Crippen LogP contribution is 2.29. The van der Waals surface area contributed by atoms with Gasteiger partial charge >= 0.3 is 0 Å². The third-order valence-corrected chi connectivity index (χ3v) is 25.7. The Bertz CT molecular complexity index is 5150. The number of aromatic hydroxyl groups is 2. The molecule has 0 spiro atoms. The highest BCUT2D eigenvalue weighted by molar-refractivity contribution is 8.00. The van der Waals surface area contributed by atoms with Crippen LogP contribution in [0.4, 0.5) is 0 Å². The zero-order valence-corrected chi connectivity index (χ0v) is 76.6. The molecule has 700 valence electrons. The van der Waals surface area contributed by atoms with Crippen LogP contribution in [0.3, 0.4) is 0 Å². The van der Waals surface area contributed by atoms with Crippen LogP contribution in [0.15, 0.2) is 170 Å². The maximum absolute atomic E-state index is 15.8. The second-order valence-electron chi connectivity index (χ2n) is 34.2. The molecule has 0 unspecified atom stereocenters. The number of H-pyrrole nitrogens is 1. The van der Waals surface area contributed by atoms with E-state index in [-0.39, 0.29) is 106 Å². The number of likely N-dealkylation sites (N-methyl/N-ethyl adjacent to an activating group) is 3. The zero-order valence-electron chi connectivity index (χ0n) is 75.0. The van der Waals surface area contributed by atoms with E-state index in [0.29, 0.717) is 57.1 Å². The van der Waals surface area contributed by atoms with Gasteiger partial charge in [0, 0.05) is 101 Å². The number of rotatable bonds is 22. The summed E-state index contributed by atoms with van der Waals surface area (Å²) in [7, 11) is 4.23. The number of phenolic OH excluding ortho intramolecular Hbond substituents is 2. The molecule has 0 aliphatic carbocycles. The van der Waals surface area contributed by atoms with Gasteiger partial charge in [-0.25, -0.2) is 0 Å². The van der Waals surface area contributed by atoms with Gasteiger partial charge in [0.2, 0.25) is 88.6 Å². The van der Waals surface area contributed by atoms with Crippen molar-refractivity contribution >= 4 is 123 Å². The van der Waals surface area contributed by atoms with Crippen LogP contribution in [0.25, 0.3) is 10.9 Å². The number of amides is 15. The van der Waals surface area contributed by atoms with Crippen LogP contribution in [-0.2, 0) is 110 Å². The van der Waals surface area contributed by atoms with E-state index in [1.165, 1.54) is 88.9 Å². The molecule has 0 radical (unpaired) electrons. The predicted molar refractivity (Wildman–Crippen MR) is 496 cm³/mol. The normalized spacial score (nSPS) is 23.8. The van der Waals surface area contributed by atoms with Crippen molar-refractivity contribution in [2.75, 3.05) is 63.9 Å². The number of nitrogens with two attached hydrogens (primary N) is 2. The van der Waals surface area contributed by atoms with Crippen LogP contribution in [0.5, 0.6) is 11.5 Å². The summed E-state index contributed by atoms with van der Waals surface area (Å²) in [6, 6.07) is 26.7. The van der Waals surface area contributed by atoms with Gasteiger partial charge in [-0.1, -0.05) is 181 Å². The van der Waals surface area contributed by atoms with Crippen LogP contribution in [-0.4, -0.2) is 271 Å². The molecular weight excluding hydrogens is 1720 g/mol. The molecule has 4 heterocycles. The Balaban J connectivity index is 1.04. The maximum Gasteiger partial charge on any atom is 0.246 e. The van der Waals surface area contributed by atoms with E-state index in [1.807, 2.05) is 13.0 Å². The molecular formula is C95H121N17O17S2. The van der Waals surface area contributed by atoms with E-state index >= 15 is 47.9 Å². The number of carbonyl (C=O) groups is 15. The summed E-state index contributed by atoms with van der Waals surface area (Å²) in [4.78, 5) is 235. The van der Waals surface area contributed by atoms with E-state index in [0.717, 1.165) is 16.7 Å². The van der Waals surface area contributed by atoms with Crippen molar-refractivity contribution in [2.45, 2.75) is 190 Å². The van der Waals surface area contributed by atoms with E-state index < -0.39 is 192 Å². The smallest absolute Gasteiger partial charge is 0.246 e. The zero-order chi connectivity index (χ0) is 94.7. The van der Waals surface area contributed by atoms with Crippen molar-refractivity contribution in [2.24, 2.45) is 23.3 Å². The van der Waals surface area contributed by atoms with Gasteiger partial charge in [0.15, 0.2) is 0 Å². The molecule has 15 amide bonds. The van der Waals surface area contributed by atoms with E-state index in [1.54, 1.807) is 155 Å². The number of unbranched alkanes of at least 4 members (excludes halogenated alkanes) is 1. The lowest BCUT2D eigenvalue weighted by Crippen LogP contribution is -2.62. The summed E-state index contributed by atoms with van der Waals surface area (Å²) in [6.45, 7) is 7.55. The van der Waals surface area contributed by atoms with Crippen LogP contribution >= 0.6 is 23.5 Å². The standard InChI is InChI=1S/C95H121N17O17S2/c1-9-10-31-76-94(128)112-55-131-53-79(112)90(124)105-73(49-96)87(121)107-82(57(4)5)95(129)109(7)77(46-59-25-16-12-17-26-59)89(123)104-72(45-62-35-39-65(114)40-36-62)92(126)111-41-22-32-75(111)88(122)103-70(48-63-50-98-67-30-21-20-29-66(63)67)86(120)102-69(43-61-33-37-64(113)38-34-61)85(119)101-68(42-56(2)3)84(118)106-74(83(117)99-51-80(97)115)52-130-54-81(116)100-71(44-58-23-14-11-15-24-58)91(125)110(8)78(93(127)108(76)6)47-60-27-18-13-19-28-60/h11-21,23-30,33-40,50,56-57,68-79,82,98,113-114H,9-10,22,31-32,41-49,51-55,96H2,1-8H3,(H2,97,115)(H,99,117)(H,100,116)(H,101,119)(H,102,120)(H,103,122)(H,104,123)(H,105,124)(H,106,118)(H,107,121)/t68-,69-,70-,71-,72-,73-,74-,75+,76-,77-,78-,79+,82-/m0/s1. The first kappa shape index (κ1) is 100.